The van der Waals surface area contributed by atoms with Gasteiger partial charge in [-0.3, -0.25) is 0 Å². The summed E-state index contributed by atoms with van der Waals surface area (Å²) in [7, 11) is 0. The van der Waals surface area contributed by atoms with E-state index in [0.29, 0.717) is 0 Å². The minimum absolute atomic E-state index is 0.180. The van der Waals surface area contributed by atoms with Crippen molar-refractivity contribution < 1.29 is 5.11 Å². The molecule has 2 N–H and O–H groups in total. The Morgan fingerprint density at radius 3 is 2.25 bits per heavy atom. The Morgan fingerprint density at radius 2 is 1.75 bits per heavy atom. The molecule has 0 radical (unpaired) electrons. The Bertz CT molecular complexity index is 363. The number of benzene rings is 1. The second-order valence-corrected chi connectivity index (χ2v) is 5.02. The SMILES string of the molecule is Cc1cc(C)c(NC2CCC[C@@H]2O)c(C)c1. The Morgan fingerprint density at radius 1 is 1.12 bits per heavy atom. The summed E-state index contributed by atoms with van der Waals surface area (Å²) in [6.07, 6.45) is 2.96. The van der Waals surface area contributed by atoms with Gasteiger partial charge in [0.1, 0.15) is 0 Å². The summed E-state index contributed by atoms with van der Waals surface area (Å²) >= 11 is 0. The third-order valence-electron chi connectivity index (χ3n) is 3.49. The molecule has 0 bridgehead atoms. The fourth-order valence-corrected chi connectivity index (χ4v) is 2.70. The van der Waals surface area contributed by atoms with E-state index in [4.69, 9.17) is 0 Å². The van der Waals surface area contributed by atoms with Crippen LogP contribution in [0.3, 0.4) is 0 Å². The monoisotopic (exact) mass is 219 g/mol. The number of hydrogen-bond acceptors (Lipinski definition) is 2. The summed E-state index contributed by atoms with van der Waals surface area (Å²) in [4.78, 5) is 0. The highest BCUT2D eigenvalue weighted by Gasteiger charge is 2.25. The van der Waals surface area contributed by atoms with Crippen molar-refractivity contribution in [3.8, 4) is 0 Å². The van der Waals surface area contributed by atoms with Crippen LogP contribution in [0.5, 0.6) is 0 Å². The highest BCUT2D eigenvalue weighted by molar-refractivity contribution is 5.58. The second kappa shape index (κ2) is 4.46. The molecule has 2 atom stereocenters. The van der Waals surface area contributed by atoms with E-state index in [1.54, 1.807) is 0 Å². The molecular formula is C14H21NO. The van der Waals surface area contributed by atoms with Gasteiger partial charge in [-0.1, -0.05) is 17.7 Å². The summed E-state index contributed by atoms with van der Waals surface area (Å²) in [5.74, 6) is 0. The maximum Gasteiger partial charge on any atom is 0.0741 e. The molecular weight excluding hydrogens is 198 g/mol. The third kappa shape index (κ3) is 2.22. The van der Waals surface area contributed by atoms with Gasteiger partial charge >= 0.3 is 0 Å². The lowest BCUT2D eigenvalue weighted by atomic mass is 10.0. The van der Waals surface area contributed by atoms with Crippen molar-refractivity contribution in [1.82, 2.24) is 0 Å². The molecule has 1 saturated carbocycles. The molecule has 2 rings (SSSR count). The second-order valence-electron chi connectivity index (χ2n) is 5.02. The Kier molecular flexibility index (Phi) is 3.20. The molecule has 1 aliphatic carbocycles. The maximum absolute atomic E-state index is 9.82. The van der Waals surface area contributed by atoms with Crippen LogP contribution in [0, 0.1) is 20.8 Å². The number of aliphatic hydroxyl groups is 1. The highest BCUT2D eigenvalue weighted by Crippen LogP contribution is 2.27. The molecule has 1 aromatic carbocycles. The van der Waals surface area contributed by atoms with Crippen LogP contribution in [0.1, 0.15) is 36.0 Å². The van der Waals surface area contributed by atoms with E-state index in [1.807, 2.05) is 0 Å². The zero-order valence-electron chi connectivity index (χ0n) is 10.4. The quantitative estimate of drug-likeness (QED) is 0.801. The van der Waals surface area contributed by atoms with Crippen LogP contribution in [0.2, 0.25) is 0 Å². The smallest absolute Gasteiger partial charge is 0.0741 e. The van der Waals surface area contributed by atoms with E-state index in [9.17, 15) is 5.11 Å². The van der Waals surface area contributed by atoms with Crippen LogP contribution in [0.15, 0.2) is 12.1 Å². The molecule has 1 aliphatic rings. The zero-order chi connectivity index (χ0) is 11.7. The molecule has 1 aromatic rings. The Labute approximate surface area is 97.7 Å². The van der Waals surface area contributed by atoms with Gasteiger partial charge in [0.25, 0.3) is 0 Å². The first-order chi connectivity index (χ1) is 7.58. The molecule has 0 aromatic heterocycles. The minimum atomic E-state index is -0.180. The van der Waals surface area contributed by atoms with Gasteiger partial charge in [0.05, 0.1) is 12.1 Å². The van der Waals surface area contributed by atoms with Gasteiger partial charge in [0.2, 0.25) is 0 Å². The number of rotatable bonds is 2. The predicted octanol–water partition coefficient (Wildman–Crippen LogP) is 2.94. The zero-order valence-corrected chi connectivity index (χ0v) is 10.4. The average molecular weight is 219 g/mol. The van der Waals surface area contributed by atoms with Crippen LogP contribution in [-0.4, -0.2) is 17.3 Å². The summed E-state index contributed by atoms with van der Waals surface area (Å²) in [5, 5.41) is 13.3. The molecule has 1 unspecified atom stereocenters. The van der Waals surface area contributed by atoms with Crippen molar-refractivity contribution in [1.29, 1.82) is 0 Å². The van der Waals surface area contributed by atoms with E-state index >= 15 is 0 Å². The molecule has 16 heavy (non-hydrogen) atoms. The topological polar surface area (TPSA) is 32.3 Å². The van der Waals surface area contributed by atoms with E-state index in [0.717, 1.165) is 19.3 Å². The minimum Gasteiger partial charge on any atom is -0.391 e. The van der Waals surface area contributed by atoms with Gasteiger partial charge in [-0.2, -0.15) is 0 Å². The largest absolute Gasteiger partial charge is 0.391 e. The van der Waals surface area contributed by atoms with Crippen LogP contribution in [-0.2, 0) is 0 Å². The van der Waals surface area contributed by atoms with Gasteiger partial charge < -0.3 is 10.4 Å². The van der Waals surface area contributed by atoms with Crippen molar-refractivity contribution in [2.75, 3.05) is 5.32 Å². The van der Waals surface area contributed by atoms with Crippen molar-refractivity contribution >= 4 is 5.69 Å². The van der Waals surface area contributed by atoms with E-state index in [-0.39, 0.29) is 12.1 Å². The number of aryl methyl sites for hydroxylation is 3. The van der Waals surface area contributed by atoms with E-state index < -0.39 is 0 Å². The van der Waals surface area contributed by atoms with Crippen molar-refractivity contribution in [2.45, 2.75) is 52.2 Å². The lowest BCUT2D eigenvalue weighted by Gasteiger charge is -2.21. The Balaban J connectivity index is 2.21. The fraction of sp³-hybridized carbons (Fsp3) is 0.571. The number of aliphatic hydroxyl groups excluding tert-OH is 1. The van der Waals surface area contributed by atoms with Crippen LogP contribution in [0.4, 0.5) is 5.69 Å². The van der Waals surface area contributed by atoms with Crippen molar-refractivity contribution in [3.63, 3.8) is 0 Å². The fourth-order valence-electron chi connectivity index (χ4n) is 2.70. The standard InChI is InChI=1S/C14H21NO/c1-9-7-10(2)14(11(3)8-9)15-12-5-4-6-13(12)16/h7-8,12-13,15-16H,4-6H2,1-3H3/t12?,13-/m0/s1. The summed E-state index contributed by atoms with van der Waals surface area (Å²) < 4.78 is 0. The van der Waals surface area contributed by atoms with Crippen LogP contribution >= 0.6 is 0 Å². The average Bonchev–Trinajstić information content (AvgIpc) is 2.57. The molecule has 0 spiro atoms. The van der Waals surface area contributed by atoms with E-state index in [1.165, 1.54) is 22.4 Å². The molecule has 2 nitrogen and oxygen atoms in total. The number of hydrogen-bond donors (Lipinski definition) is 2. The summed E-state index contributed by atoms with van der Waals surface area (Å²) in [6.45, 7) is 6.38. The van der Waals surface area contributed by atoms with Gasteiger partial charge in [0, 0.05) is 5.69 Å². The molecule has 0 aliphatic heterocycles. The molecule has 0 heterocycles. The number of nitrogens with one attached hydrogen (secondary N) is 1. The Hall–Kier alpha value is -1.02. The third-order valence-corrected chi connectivity index (χ3v) is 3.49. The lowest BCUT2D eigenvalue weighted by Crippen LogP contribution is -2.28. The number of anilines is 1. The maximum atomic E-state index is 9.82. The van der Waals surface area contributed by atoms with Gasteiger partial charge in [-0.15, -0.1) is 0 Å². The summed E-state index contributed by atoms with van der Waals surface area (Å²) in [5.41, 5.74) is 5.05. The lowest BCUT2D eigenvalue weighted by molar-refractivity contribution is 0.172. The predicted molar refractivity (Wildman–Crippen MR) is 67.9 cm³/mol. The first-order valence-corrected chi connectivity index (χ1v) is 6.10. The van der Waals surface area contributed by atoms with E-state index in [2.05, 4.69) is 38.2 Å². The molecule has 88 valence electrons. The molecule has 1 fully saturated rings. The van der Waals surface area contributed by atoms with Crippen molar-refractivity contribution in [2.24, 2.45) is 0 Å². The van der Waals surface area contributed by atoms with Crippen LogP contribution in [0.25, 0.3) is 0 Å². The first-order valence-electron chi connectivity index (χ1n) is 6.10. The molecule has 0 amide bonds. The molecule has 2 heteroatoms. The molecule has 0 saturated heterocycles. The van der Waals surface area contributed by atoms with Gasteiger partial charge in [-0.05, 0) is 51.2 Å². The highest BCUT2D eigenvalue weighted by atomic mass is 16.3. The van der Waals surface area contributed by atoms with Gasteiger partial charge in [0.15, 0.2) is 0 Å². The normalized spacial score (nSPS) is 24.8. The van der Waals surface area contributed by atoms with Gasteiger partial charge in [-0.25, -0.2) is 0 Å². The first kappa shape index (κ1) is 11.5. The van der Waals surface area contributed by atoms with Crippen LogP contribution < -0.4 is 5.32 Å². The summed E-state index contributed by atoms with van der Waals surface area (Å²) in [6, 6.07) is 4.62. The van der Waals surface area contributed by atoms with Crippen molar-refractivity contribution in [3.05, 3.63) is 28.8 Å².